The summed E-state index contributed by atoms with van der Waals surface area (Å²) in [6, 6.07) is 0. The minimum atomic E-state index is -0.309. The van der Waals surface area contributed by atoms with E-state index in [-0.39, 0.29) is 24.3 Å². The Morgan fingerprint density at radius 3 is 2.87 bits per heavy atom. The van der Waals surface area contributed by atoms with Gasteiger partial charge in [-0.2, -0.15) is 0 Å². The van der Waals surface area contributed by atoms with E-state index < -0.39 is 0 Å². The quantitative estimate of drug-likeness (QED) is 0.666. The number of carbonyl (C=O) groups is 2. The summed E-state index contributed by atoms with van der Waals surface area (Å²) in [5.41, 5.74) is 0. The third-order valence-corrected chi connectivity index (χ3v) is 2.71. The molecule has 4 heteroatoms. The van der Waals surface area contributed by atoms with Crippen molar-refractivity contribution >= 4 is 11.9 Å². The van der Waals surface area contributed by atoms with Crippen molar-refractivity contribution in [3.05, 3.63) is 0 Å². The van der Waals surface area contributed by atoms with Gasteiger partial charge in [0.05, 0.1) is 25.6 Å². The second-order valence-corrected chi connectivity index (χ2v) is 3.85. The van der Waals surface area contributed by atoms with Gasteiger partial charge in [0.1, 0.15) is 0 Å². The van der Waals surface area contributed by atoms with E-state index in [0.29, 0.717) is 19.1 Å². The molecular weight excluding hydrogens is 196 g/mol. The fourth-order valence-corrected chi connectivity index (χ4v) is 1.76. The number of cyclic esters (lactones) is 1. The molecule has 2 atom stereocenters. The van der Waals surface area contributed by atoms with Crippen molar-refractivity contribution in [3.8, 4) is 0 Å². The molecule has 1 aliphatic rings. The van der Waals surface area contributed by atoms with Gasteiger partial charge in [-0.15, -0.1) is 0 Å². The van der Waals surface area contributed by atoms with Gasteiger partial charge in [-0.1, -0.05) is 13.3 Å². The maximum absolute atomic E-state index is 11.4. The summed E-state index contributed by atoms with van der Waals surface area (Å²) >= 11 is 0. The van der Waals surface area contributed by atoms with E-state index >= 15 is 0 Å². The molecule has 0 aliphatic carbocycles. The summed E-state index contributed by atoms with van der Waals surface area (Å²) in [5, 5.41) is 0. The van der Waals surface area contributed by atoms with Crippen molar-refractivity contribution in [2.75, 3.05) is 13.2 Å². The number of hydrogen-bond acceptors (Lipinski definition) is 4. The summed E-state index contributed by atoms with van der Waals surface area (Å²) in [6.07, 6.45) is 1.88. The summed E-state index contributed by atoms with van der Waals surface area (Å²) in [6.45, 7) is 4.67. The fraction of sp³-hybridized carbons (Fsp3) is 0.818. The Balaban J connectivity index is 2.44. The number of carbonyl (C=O) groups excluding carboxylic acids is 2. The van der Waals surface area contributed by atoms with Gasteiger partial charge in [0.25, 0.3) is 0 Å². The average molecular weight is 214 g/mol. The average Bonchev–Trinajstić information content (AvgIpc) is 2.21. The lowest BCUT2D eigenvalue weighted by atomic mass is 9.89. The fourth-order valence-electron chi connectivity index (χ4n) is 1.76. The number of ether oxygens (including phenoxy) is 2. The molecule has 15 heavy (non-hydrogen) atoms. The molecule has 1 saturated heterocycles. The smallest absolute Gasteiger partial charge is 0.309 e. The van der Waals surface area contributed by atoms with Crippen molar-refractivity contribution in [2.45, 2.75) is 33.1 Å². The summed E-state index contributed by atoms with van der Waals surface area (Å²) in [5.74, 6) is -0.478. The van der Waals surface area contributed by atoms with Crippen molar-refractivity contribution in [2.24, 2.45) is 11.8 Å². The van der Waals surface area contributed by atoms with Crippen LogP contribution >= 0.6 is 0 Å². The van der Waals surface area contributed by atoms with Gasteiger partial charge in [0.15, 0.2) is 0 Å². The summed E-state index contributed by atoms with van der Waals surface area (Å²) < 4.78 is 9.84. The van der Waals surface area contributed by atoms with Crippen LogP contribution in [0, 0.1) is 11.8 Å². The third-order valence-electron chi connectivity index (χ3n) is 2.71. The highest BCUT2D eigenvalue weighted by Crippen LogP contribution is 2.25. The molecule has 0 saturated carbocycles. The maximum atomic E-state index is 11.4. The van der Waals surface area contributed by atoms with Crippen LogP contribution in [0.5, 0.6) is 0 Å². The molecular formula is C11H18O4. The minimum absolute atomic E-state index is 0.156. The van der Waals surface area contributed by atoms with Gasteiger partial charge in [-0.3, -0.25) is 9.59 Å². The molecule has 0 aromatic rings. The predicted octanol–water partition coefficient (Wildman–Crippen LogP) is 1.53. The first kappa shape index (κ1) is 12.0. The zero-order chi connectivity index (χ0) is 11.3. The van der Waals surface area contributed by atoms with Crippen molar-refractivity contribution in [1.29, 1.82) is 0 Å². The Labute approximate surface area is 89.9 Å². The molecule has 0 spiro atoms. The standard InChI is InChI=1S/C11H18O4/c1-3-8-5-9(11(13)15-7-8)6-10(12)14-4-2/h8-9H,3-7H2,1-2H3. The molecule has 0 radical (unpaired) electrons. The van der Waals surface area contributed by atoms with Crippen molar-refractivity contribution < 1.29 is 19.1 Å². The number of esters is 2. The van der Waals surface area contributed by atoms with E-state index in [2.05, 4.69) is 6.92 Å². The first-order chi connectivity index (χ1) is 7.17. The summed E-state index contributed by atoms with van der Waals surface area (Å²) in [7, 11) is 0. The van der Waals surface area contributed by atoms with Crippen LogP contribution in [-0.2, 0) is 19.1 Å². The lowest BCUT2D eigenvalue weighted by molar-refractivity contribution is -0.161. The van der Waals surface area contributed by atoms with Crippen LogP contribution in [0.1, 0.15) is 33.1 Å². The van der Waals surface area contributed by atoms with Crippen molar-refractivity contribution in [3.63, 3.8) is 0 Å². The first-order valence-electron chi connectivity index (χ1n) is 5.49. The van der Waals surface area contributed by atoms with Crippen LogP contribution in [-0.4, -0.2) is 25.2 Å². The molecule has 1 aliphatic heterocycles. The largest absolute Gasteiger partial charge is 0.466 e. The van der Waals surface area contributed by atoms with E-state index in [1.807, 2.05) is 0 Å². The SMILES string of the molecule is CCOC(=O)CC1CC(CC)COC1=O. The Kier molecular flexibility index (Phi) is 4.59. The molecule has 86 valence electrons. The lowest BCUT2D eigenvalue weighted by Gasteiger charge is -2.26. The van der Waals surface area contributed by atoms with Crippen molar-refractivity contribution in [1.82, 2.24) is 0 Å². The number of rotatable bonds is 4. The molecule has 2 unspecified atom stereocenters. The van der Waals surface area contributed by atoms with E-state index in [0.717, 1.165) is 12.8 Å². The molecule has 4 nitrogen and oxygen atoms in total. The highest BCUT2D eigenvalue weighted by atomic mass is 16.5. The predicted molar refractivity (Wildman–Crippen MR) is 54.1 cm³/mol. The zero-order valence-corrected chi connectivity index (χ0v) is 9.32. The maximum Gasteiger partial charge on any atom is 0.309 e. The normalized spacial score (nSPS) is 25.9. The second-order valence-electron chi connectivity index (χ2n) is 3.85. The molecule has 1 heterocycles. The van der Waals surface area contributed by atoms with E-state index in [9.17, 15) is 9.59 Å². The third kappa shape index (κ3) is 3.53. The molecule has 0 amide bonds. The van der Waals surface area contributed by atoms with Crippen LogP contribution in [0.25, 0.3) is 0 Å². The lowest BCUT2D eigenvalue weighted by Crippen LogP contribution is -2.32. The van der Waals surface area contributed by atoms with Gasteiger partial charge in [-0.05, 0) is 19.3 Å². The first-order valence-corrected chi connectivity index (χ1v) is 5.49. The molecule has 1 rings (SSSR count). The van der Waals surface area contributed by atoms with E-state index in [1.54, 1.807) is 6.92 Å². The van der Waals surface area contributed by atoms with E-state index in [4.69, 9.17) is 9.47 Å². The number of hydrogen-bond donors (Lipinski definition) is 0. The Bertz CT molecular complexity index is 237. The topological polar surface area (TPSA) is 52.6 Å². The highest BCUT2D eigenvalue weighted by Gasteiger charge is 2.31. The van der Waals surface area contributed by atoms with Gasteiger partial charge in [-0.25, -0.2) is 0 Å². The molecule has 0 N–H and O–H groups in total. The molecule has 0 bridgehead atoms. The van der Waals surface area contributed by atoms with Gasteiger partial charge >= 0.3 is 11.9 Å². The molecule has 0 aromatic heterocycles. The zero-order valence-electron chi connectivity index (χ0n) is 9.32. The monoisotopic (exact) mass is 214 g/mol. The van der Waals surface area contributed by atoms with Crippen LogP contribution < -0.4 is 0 Å². The van der Waals surface area contributed by atoms with Gasteiger partial charge in [0.2, 0.25) is 0 Å². The highest BCUT2D eigenvalue weighted by molar-refractivity contribution is 5.80. The minimum Gasteiger partial charge on any atom is -0.466 e. The van der Waals surface area contributed by atoms with Gasteiger partial charge in [0, 0.05) is 0 Å². The van der Waals surface area contributed by atoms with Crippen LogP contribution in [0.3, 0.4) is 0 Å². The van der Waals surface area contributed by atoms with E-state index in [1.165, 1.54) is 0 Å². The van der Waals surface area contributed by atoms with Gasteiger partial charge < -0.3 is 9.47 Å². The van der Waals surface area contributed by atoms with Crippen LogP contribution in [0.2, 0.25) is 0 Å². The Morgan fingerprint density at radius 1 is 1.53 bits per heavy atom. The Morgan fingerprint density at radius 2 is 2.27 bits per heavy atom. The van der Waals surface area contributed by atoms with Crippen LogP contribution in [0.15, 0.2) is 0 Å². The Hall–Kier alpha value is -1.06. The summed E-state index contributed by atoms with van der Waals surface area (Å²) in [4.78, 5) is 22.6. The molecule has 1 fully saturated rings. The van der Waals surface area contributed by atoms with Crippen LogP contribution in [0.4, 0.5) is 0 Å². The second kappa shape index (κ2) is 5.73. The molecule has 0 aromatic carbocycles.